The van der Waals surface area contributed by atoms with Crippen molar-refractivity contribution < 1.29 is 0 Å². The first-order chi connectivity index (χ1) is 47.1. The Balaban J connectivity index is 0.890. The van der Waals surface area contributed by atoms with Crippen molar-refractivity contribution in [3.05, 3.63) is 427 Å². The first-order valence-electron chi connectivity index (χ1n) is 32.9. The standard InChI is InChI=1S/C92H63N3/c1-10-30-67(31-11-1)91(68-32-12-2-13-33-68)85-60-64(50-54-78(85)80-56-52-76(62-87(80)91)93(71-38-18-5-19-39-71)72-40-20-6-21-41-72)66-58-83(90-84(59-66)82-48-28-29-49-89(82)95(90)75-46-26-9-27-47-75)65-51-55-79-81-57-53-77(94(73-42-22-7-23-43-73)74-44-24-8-25-45-74)63-88(81)92(86(79)61-65,69-34-14-3-15-35-69)70-36-16-4-17-37-70/h1-63H. The molecule has 0 N–H and O–H groups in total. The largest absolute Gasteiger partial charge is 0.310 e. The van der Waals surface area contributed by atoms with Crippen molar-refractivity contribution in [2.75, 3.05) is 9.80 Å². The lowest BCUT2D eigenvalue weighted by molar-refractivity contribution is 0.768. The van der Waals surface area contributed by atoms with Gasteiger partial charge in [0, 0.05) is 56.1 Å². The molecule has 3 nitrogen and oxygen atoms in total. The molecule has 2 aliphatic carbocycles. The first-order valence-corrected chi connectivity index (χ1v) is 32.9. The fourth-order valence-corrected chi connectivity index (χ4v) is 16.1. The third-order valence-corrected chi connectivity index (χ3v) is 20.1. The molecule has 0 spiro atoms. The number of hydrogen-bond donors (Lipinski definition) is 0. The second-order valence-electron chi connectivity index (χ2n) is 25.1. The van der Waals surface area contributed by atoms with E-state index in [1.807, 2.05) is 0 Å². The highest BCUT2D eigenvalue weighted by atomic mass is 15.1. The number of anilines is 6. The zero-order chi connectivity index (χ0) is 62.9. The zero-order valence-electron chi connectivity index (χ0n) is 52.2. The summed E-state index contributed by atoms with van der Waals surface area (Å²) in [5, 5.41) is 2.39. The van der Waals surface area contributed by atoms with E-state index in [0.717, 1.165) is 73.1 Å². The Morgan fingerprint density at radius 1 is 0.211 bits per heavy atom. The Morgan fingerprint density at radius 3 is 0.947 bits per heavy atom. The van der Waals surface area contributed by atoms with Gasteiger partial charge in [-0.2, -0.15) is 0 Å². The van der Waals surface area contributed by atoms with E-state index in [1.165, 1.54) is 77.5 Å². The van der Waals surface area contributed by atoms with Crippen LogP contribution in [0.1, 0.15) is 44.5 Å². The first kappa shape index (κ1) is 55.5. The third kappa shape index (κ3) is 8.81. The number of benzene rings is 15. The van der Waals surface area contributed by atoms with Gasteiger partial charge in [-0.15, -0.1) is 0 Å². The fraction of sp³-hybridized carbons (Fsp3) is 0.0217. The normalized spacial score (nSPS) is 13.0. The molecule has 0 atom stereocenters. The lowest BCUT2D eigenvalue weighted by Gasteiger charge is -2.35. The highest BCUT2D eigenvalue weighted by Gasteiger charge is 2.48. The van der Waals surface area contributed by atoms with E-state index in [4.69, 9.17) is 0 Å². The number of fused-ring (bicyclic) bond motifs is 9. The van der Waals surface area contributed by atoms with Crippen molar-refractivity contribution in [2.24, 2.45) is 0 Å². The summed E-state index contributed by atoms with van der Waals surface area (Å²) in [6, 6.07) is 142. The van der Waals surface area contributed by atoms with Gasteiger partial charge in [0.2, 0.25) is 0 Å². The second kappa shape index (κ2) is 22.8. The molecule has 446 valence electrons. The Morgan fingerprint density at radius 2 is 0.537 bits per heavy atom. The summed E-state index contributed by atoms with van der Waals surface area (Å²) < 4.78 is 2.50. The van der Waals surface area contributed by atoms with Crippen LogP contribution in [0.3, 0.4) is 0 Å². The van der Waals surface area contributed by atoms with Crippen LogP contribution in [0.4, 0.5) is 34.1 Å². The Hall–Kier alpha value is -12.3. The molecule has 1 heterocycles. The topological polar surface area (TPSA) is 11.4 Å². The molecule has 1 aromatic heterocycles. The highest BCUT2D eigenvalue weighted by molar-refractivity contribution is 6.15. The van der Waals surface area contributed by atoms with Crippen LogP contribution in [-0.4, -0.2) is 4.57 Å². The zero-order valence-corrected chi connectivity index (χ0v) is 52.2. The summed E-state index contributed by atoms with van der Waals surface area (Å²) in [7, 11) is 0. The number of para-hydroxylation sites is 6. The Labute approximate surface area is 554 Å². The van der Waals surface area contributed by atoms with Gasteiger partial charge >= 0.3 is 0 Å². The van der Waals surface area contributed by atoms with Gasteiger partial charge in [-0.25, -0.2) is 0 Å². The lowest BCUT2D eigenvalue weighted by Crippen LogP contribution is -2.29. The van der Waals surface area contributed by atoms with Gasteiger partial charge in [-0.3, -0.25) is 0 Å². The van der Waals surface area contributed by atoms with Crippen LogP contribution in [-0.2, 0) is 10.8 Å². The number of aromatic nitrogens is 1. The SMILES string of the molecule is c1ccc(N(c2ccccc2)c2ccc3c(c2)C(c2ccccc2)(c2ccccc2)c2cc(-c4cc(-c5ccc6c(c5)C(c5ccccc5)(c5ccccc5)c5cc(N(c7ccccc7)c7ccccc7)ccc5-6)c5c(c4)c4ccccc4n5-c4ccccc4)ccc2-3)cc1. The third-order valence-electron chi connectivity index (χ3n) is 20.1. The maximum atomic E-state index is 2.55. The molecule has 0 amide bonds. The molecule has 16 aromatic rings. The summed E-state index contributed by atoms with van der Waals surface area (Å²) in [5.74, 6) is 0. The predicted molar refractivity (Wildman–Crippen MR) is 396 cm³/mol. The average Bonchev–Trinajstić information content (AvgIpc) is 1.56. The molecule has 2 aliphatic rings. The Bertz CT molecular complexity index is 5340. The van der Waals surface area contributed by atoms with Gasteiger partial charge in [0.05, 0.1) is 21.9 Å². The minimum atomic E-state index is -0.715. The summed E-state index contributed by atoms with van der Waals surface area (Å²) in [5.41, 5.74) is 27.9. The summed E-state index contributed by atoms with van der Waals surface area (Å²) in [6.07, 6.45) is 0. The fourth-order valence-electron chi connectivity index (χ4n) is 16.1. The van der Waals surface area contributed by atoms with Gasteiger partial charge in [0.15, 0.2) is 0 Å². The van der Waals surface area contributed by atoms with Crippen molar-refractivity contribution in [1.82, 2.24) is 4.57 Å². The number of hydrogen-bond acceptors (Lipinski definition) is 2. The summed E-state index contributed by atoms with van der Waals surface area (Å²) in [4.78, 5) is 4.78. The van der Waals surface area contributed by atoms with E-state index < -0.39 is 10.8 Å². The van der Waals surface area contributed by atoms with Crippen molar-refractivity contribution in [2.45, 2.75) is 10.8 Å². The molecule has 0 radical (unpaired) electrons. The van der Waals surface area contributed by atoms with E-state index in [-0.39, 0.29) is 0 Å². The smallest absolute Gasteiger partial charge is 0.0714 e. The van der Waals surface area contributed by atoms with Crippen molar-refractivity contribution in [1.29, 1.82) is 0 Å². The monoisotopic (exact) mass is 1210 g/mol. The van der Waals surface area contributed by atoms with Crippen LogP contribution >= 0.6 is 0 Å². The van der Waals surface area contributed by atoms with Crippen LogP contribution in [0, 0.1) is 0 Å². The average molecular weight is 1210 g/mol. The van der Waals surface area contributed by atoms with Crippen molar-refractivity contribution >= 4 is 55.9 Å². The maximum Gasteiger partial charge on any atom is 0.0714 e. The number of nitrogens with zero attached hydrogens (tertiary/aromatic N) is 3. The van der Waals surface area contributed by atoms with Crippen LogP contribution in [0.15, 0.2) is 382 Å². The van der Waals surface area contributed by atoms with Crippen LogP contribution in [0.25, 0.3) is 72.0 Å². The predicted octanol–water partition coefficient (Wildman–Crippen LogP) is 23.8. The molecular formula is C92H63N3. The molecule has 18 rings (SSSR count). The minimum absolute atomic E-state index is 0.694. The molecule has 0 saturated carbocycles. The van der Waals surface area contributed by atoms with Gasteiger partial charge in [0.1, 0.15) is 0 Å². The Kier molecular flexibility index (Phi) is 13.3. The van der Waals surface area contributed by atoms with Crippen LogP contribution in [0.2, 0.25) is 0 Å². The van der Waals surface area contributed by atoms with Gasteiger partial charge in [0.25, 0.3) is 0 Å². The molecule has 15 aromatic carbocycles. The second-order valence-corrected chi connectivity index (χ2v) is 25.1. The molecule has 0 fully saturated rings. The quantitative estimate of drug-likeness (QED) is 0.114. The number of rotatable bonds is 13. The van der Waals surface area contributed by atoms with Crippen molar-refractivity contribution in [3.63, 3.8) is 0 Å². The maximum absolute atomic E-state index is 2.55. The van der Waals surface area contributed by atoms with Gasteiger partial charge < -0.3 is 14.4 Å². The molecule has 0 saturated heterocycles. The van der Waals surface area contributed by atoms with E-state index in [1.54, 1.807) is 0 Å². The van der Waals surface area contributed by atoms with Crippen molar-refractivity contribution in [3.8, 4) is 50.2 Å². The van der Waals surface area contributed by atoms with Crippen LogP contribution in [0.5, 0.6) is 0 Å². The molecule has 95 heavy (non-hydrogen) atoms. The molecular weight excluding hydrogens is 1150 g/mol. The molecule has 0 aliphatic heterocycles. The molecule has 0 unspecified atom stereocenters. The molecule has 3 heteroatoms. The highest BCUT2D eigenvalue weighted by Crippen LogP contribution is 2.61. The van der Waals surface area contributed by atoms with Gasteiger partial charge in [-0.1, -0.05) is 267 Å². The van der Waals surface area contributed by atoms with E-state index in [0.29, 0.717) is 0 Å². The lowest BCUT2D eigenvalue weighted by atomic mass is 9.67. The summed E-state index contributed by atoms with van der Waals surface area (Å²) >= 11 is 0. The van der Waals surface area contributed by atoms with E-state index in [9.17, 15) is 0 Å². The van der Waals surface area contributed by atoms with Crippen LogP contribution < -0.4 is 9.80 Å². The minimum Gasteiger partial charge on any atom is -0.310 e. The van der Waals surface area contributed by atoms with E-state index >= 15 is 0 Å². The summed E-state index contributed by atoms with van der Waals surface area (Å²) in [6.45, 7) is 0. The van der Waals surface area contributed by atoms with E-state index in [2.05, 4.69) is 397 Å². The molecule has 0 bridgehead atoms. The van der Waals surface area contributed by atoms with Gasteiger partial charge in [-0.05, 0) is 199 Å².